The Kier molecular flexibility index (Phi) is 9.94. The second kappa shape index (κ2) is 15.5. The second-order valence-corrected chi connectivity index (χ2v) is 15.3. The summed E-state index contributed by atoms with van der Waals surface area (Å²) in [6.45, 7) is 3.61. The van der Waals surface area contributed by atoms with Crippen LogP contribution in [0.3, 0.4) is 0 Å². The summed E-state index contributed by atoms with van der Waals surface area (Å²) in [4.78, 5) is 65.6. The molecule has 1 saturated carbocycles. The van der Waals surface area contributed by atoms with Gasteiger partial charge >= 0.3 is 0 Å². The van der Waals surface area contributed by atoms with E-state index in [9.17, 15) is 19.2 Å². The van der Waals surface area contributed by atoms with Crippen LogP contribution in [-0.2, 0) is 14.3 Å². The summed E-state index contributed by atoms with van der Waals surface area (Å²) in [5.74, 6) is -0.906. The standard InChI is InChI=1S/C43H44N6O7/c50-39-10-9-38(41(51)47-39)49-42(52)33-8-6-29(23-34(33)43(49)53)54-19-3-1-2-16-48-17-13-28(14-18-48)55-30-21-31(22-30)56-40-11-5-27(24-45-40)26-4-7-32-35-25-44-15-12-36(35)46-37(32)20-26/h4-8,11-12,15,20,23-25,28,30-31,38,46H,1-3,9-10,13-14,16-19,21-22H2,(H,47,50,51). The molecule has 1 atom stereocenters. The molecule has 5 aromatic rings. The zero-order valence-corrected chi connectivity index (χ0v) is 31.1. The number of amides is 4. The third-order valence-corrected chi connectivity index (χ3v) is 11.5. The third kappa shape index (κ3) is 7.36. The number of benzene rings is 2. The average Bonchev–Trinajstić information content (AvgIpc) is 3.69. The van der Waals surface area contributed by atoms with Crippen LogP contribution in [0, 0.1) is 0 Å². The van der Waals surface area contributed by atoms with E-state index in [2.05, 4.69) is 49.4 Å². The van der Waals surface area contributed by atoms with Gasteiger partial charge in [0.2, 0.25) is 17.7 Å². The van der Waals surface area contributed by atoms with Gasteiger partial charge in [0.25, 0.3) is 11.8 Å². The summed E-state index contributed by atoms with van der Waals surface area (Å²) in [7, 11) is 0. The van der Waals surface area contributed by atoms with Gasteiger partial charge in [-0.25, -0.2) is 4.98 Å². The van der Waals surface area contributed by atoms with Gasteiger partial charge in [-0.15, -0.1) is 0 Å². The van der Waals surface area contributed by atoms with Crippen molar-refractivity contribution in [3.8, 4) is 22.8 Å². The molecule has 13 heteroatoms. The minimum Gasteiger partial charge on any atom is -0.494 e. The number of H-pyrrole nitrogens is 1. The van der Waals surface area contributed by atoms with Gasteiger partial charge in [0.15, 0.2) is 0 Å². The van der Waals surface area contributed by atoms with Gasteiger partial charge < -0.3 is 24.1 Å². The van der Waals surface area contributed by atoms with Gasteiger partial charge in [0.1, 0.15) is 17.9 Å². The number of likely N-dealkylation sites (tertiary alicyclic amines) is 1. The highest BCUT2D eigenvalue weighted by molar-refractivity contribution is 6.23. The molecular weight excluding hydrogens is 713 g/mol. The highest BCUT2D eigenvalue weighted by Crippen LogP contribution is 2.33. The van der Waals surface area contributed by atoms with E-state index in [0.717, 1.165) is 102 Å². The van der Waals surface area contributed by atoms with Crippen LogP contribution in [0.5, 0.6) is 11.6 Å². The first-order valence-corrected chi connectivity index (χ1v) is 19.7. The molecule has 0 bridgehead atoms. The van der Waals surface area contributed by atoms with Crippen molar-refractivity contribution in [1.82, 2.24) is 30.1 Å². The van der Waals surface area contributed by atoms with Gasteiger partial charge in [0.05, 0.1) is 29.9 Å². The minimum absolute atomic E-state index is 0.0875. The molecule has 4 amide bonds. The lowest BCUT2D eigenvalue weighted by Gasteiger charge is -2.39. The van der Waals surface area contributed by atoms with Gasteiger partial charge in [0, 0.05) is 84.4 Å². The summed E-state index contributed by atoms with van der Waals surface area (Å²) >= 11 is 0. The summed E-state index contributed by atoms with van der Waals surface area (Å²) in [6.07, 6.45) is 13.3. The van der Waals surface area contributed by atoms with Crippen LogP contribution < -0.4 is 14.8 Å². The largest absolute Gasteiger partial charge is 0.494 e. The molecule has 3 aliphatic heterocycles. The van der Waals surface area contributed by atoms with Crippen molar-refractivity contribution in [3.05, 3.63) is 84.3 Å². The molecule has 1 aliphatic carbocycles. The molecule has 6 heterocycles. The quantitative estimate of drug-likeness (QED) is 0.111. The molecule has 4 aliphatic rings. The van der Waals surface area contributed by atoms with Crippen molar-refractivity contribution in [2.75, 3.05) is 26.2 Å². The molecular formula is C43H44N6O7. The average molecular weight is 757 g/mol. The highest BCUT2D eigenvalue weighted by Gasteiger charge is 2.44. The van der Waals surface area contributed by atoms with Crippen molar-refractivity contribution in [2.45, 2.75) is 82.1 Å². The van der Waals surface area contributed by atoms with E-state index in [4.69, 9.17) is 14.2 Å². The maximum Gasteiger partial charge on any atom is 0.262 e. The highest BCUT2D eigenvalue weighted by atomic mass is 16.5. The van der Waals surface area contributed by atoms with E-state index in [0.29, 0.717) is 24.3 Å². The van der Waals surface area contributed by atoms with Crippen LogP contribution in [0.2, 0.25) is 0 Å². The van der Waals surface area contributed by atoms with E-state index >= 15 is 0 Å². The van der Waals surface area contributed by atoms with Crippen LogP contribution in [-0.4, -0.2) is 99.0 Å². The predicted octanol–water partition coefficient (Wildman–Crippen LogP) is 5.82. The van der Waals surface area contributed by atoms with Crippen LogP contribution in [0.4, 0.5) is 0 Å². The molecule has 56 heavy (non-hydrogen) atoms. The number of carbonyl (C=O) groups excluding carboxylic acids is 4. The summed E-state index contributed by atoms with van der Waals surface area (Å²) in [6, 6.07) is 16.3. The number of hydrogen-bond donors (Lipinski definition) is 2. The number of aromatic nitrogens is 3. The number of pyridine rings is 2. The topological polar surface area (TPSA) is 156 Å². The predicted molar refractivity (Wildman–Crippen MR) is 207 cm³/mol. The van der Waals surface area contributed by atoms with E-state index in [1.807, 2.05) is 24.5 Å². The Morgan fingerprint density at radius 3 is 2.41 bits per heavy atom. The number of hydrogen-bond acceptors (Lipinski definition) is 10. The van der Waals surface area contributed by atoms with E-state index in [1.54, 1.807) is 24.4 Å². The van der Waals surface area contributed by atoms with Gasteiger partial charge in [-0.2, -0.15) is 0 Å². The normalized spacial score (nSPS) is 21.7. The lowest BCUT2D eigenvalue weighted by atomic mass is 9.91. The van der Waals surface area contributed by atoms with Gasteiger partial charge in [-0.1, -0.05) is 12.1 Å². The molecule has 2 N–H and O–H groups in total. The Labute approximate surface area is 323 Å². The Bertz CT molecular complexity index is 2290. The number of unbranched alkanes of at least 4 members (excludes halogenated alkanes) is 2. The molecule has 2 saturated heterocycles. The summed E-state index contributed by atoms with van der Waals surface area (Å²) < 4.78 is 18.5. The number of imide groups is 2. The van der Waals surface area contributed by atoms with Crippen LogP contribution in [0.15, 0.2) is 73.2 Å². The summed E-state index contributed by atoms with van der Waals surface area (Å²) in [5.41, 5.74) is 4.77. The number of fused-ring (bicyclic) bond motifs is 4. The number of ether oxygens (including phenoxy) is 3. The lowest BCUT2D eigenvalue weighted by Crippen LogP contribution is -2.54. The molecule has 9 rings (SSSR count). The van der Waals surface area contributed by atoms with Crippen LogP contribution >= 0.6 is 0 Å². The second-order valence-electron chi connectivity index (χ2n) is 15.3. The van der Waals surface area contributed by atoms with E-state index < -0.39 is 29.7 Å². The Balaban J connectivity index is 0.644. The number of carbonyl (C=O) groups is 4. The number of rotatable bonds is 13. The molecule has 0 radical (unpaired) electrons. The lowest BCUT2D eigenvalue weighted by molar-refractivity contribution is -0.136. The molecule has 288 valence electrons. The SMILES string of the molecule is O=C1CCC(N2C(=O)c3ccc(OCCCCCN4CCC(OC5CC(Oc6ccc(-c7ccc8c(c7)[nH]c7ccncc78)cn6)C5)CC4)cc3C2=O)C(=O)N1. The fourth-order valence-electron chi connectivity index (χ4n) is 8.33. The fraction of sp³-hybridized carbons (Fsp3) is 0.395. The maximum atomic E-state index is 13.1. The number of nitrogens with one attached hydrogen (secondary N) is 2. The van der Waals surface area contributed by atoms with Crippen LogP contribution in [0.1, 0.15) is 78.5 Å². The van der Waals surface area contributed by atoms with Crippen molar-refractivity contribution in [2.24, 2.45) is 0 Å². The smallest absolute Gasteiger partial charge is 0.262 e. The first-order chi connectivity index (χ1) is 27.4. The Morgan fingerprint density at radius 2 is 1.59 bits per heavy atom. The van der Waals surface area contributed by atoms with Crippen molar-refractivity contribution in [3.63, 3.8) is 0 Å². The van der Waals surface area contributed by atoms with Crippen molar-refractivity contribution in [1.29, 1.82) is 0 Å². The fourth-order valence-corrected chi connectivity index (χ4v) is 8.33. The third-order valence-electron chi connectivity index (χ3n) is 11.5. The minimum atomic E-state index is -0.980. The monoisotopic (exact) mass is 756 g/mol. The zero-order chi connectivity index (χ0) is 38.2. The molecule has 3 aromatic heterocycles. The van der Waals surface area contributed by atoms with Gasteiger partial charge in [-0.3, -0.25) is 34.4 Å². The molecule has 0 spiro atoms. The van der Waals surface area contributed by atoms with Crippen molar-refractivity contribution < 1.29 is 33.4 Å². The first kappa shape index (κ1) is 36.0. The van der Waals surface area contributed by atoms with E-state index in [-0.39, 0.29) is 36.2 Å². The van der Waals surface area contributed by atoms with E-state index in [1.165, 1.54) is 0 Å². The number of piperidine rings is 2. The molecule has 1 unspecified atom stereocenters. The van der Waals surface area contributed by atoms with Gasteiger partial charge in [-0.05, 0) is 87.0 Å². The first-order valence-electron chi connectivity index (χ1n) is 19.7. The van der Waals surface area contributed by atoms with Crippen molar-refractivity contribution >= 4 is 45.4 Å². The molecule has 2 aromatic carbocycles. The zero-order valence-electron chi connectivity index (χ0n) is 31.1. The number of aromatic amines is 1. The van der Waals surface area contributed by atoms with Crippen LogP contribution in [0.25, 0.3) is 32.9 Å². The maximum absolute atomic E-state index is 13.1. The number of nitrogens with zero attached hydrogens (tertiary/aromatic N) is 4. The molecule has 3 fully saturated rings. The Hall–Kier alpha value is -5.66. The molecule has 13 nitrogen and oxygen atoms in total. The summed E-state index contributed by atoms with van der Waals surface area (Å²) in [5, 5.41) is 4.50. The Morgan fingerprint density at radius 1 is 0.750 bits per heavy atom.